The van der Waals surface area contributed by atoms with E-state index in [2.05, 4.69) is 79.6 Å². The average Bonchev–Trinajstić information content (AvgIpc) is 3.39. The fraction of sp³-hybridized carbons (Fsp3) is 0.324. The van der Waals surface area contributed by atoms with Gasteiger partial charge in [-0.2, -0.15) is 0 Å². The zero-order chi connectivity index (χ0) is 28.3. The third-order valence-corrected chi connectivity index (χ3v) is 7.95. The van der Waals surface area contributed by atoms with E-state index in [1.54, 1.807) is 6.20 Å². The second-order valence-electron chi connectivity index (χ2n) is 11.9. The van der Waals surface area contributed by atoms with Crippen LogP contribution in [0.1, 0.15) is 79.6 Å². The number of carbonyl (C=O) groups is 2. The maximum atomic E-state index is 12.8. The van der Waals surface area contributed by atoms with Gasteiger partial charge in [-0.3, -0.25) is 4.79 Å². The number of hydrogen-bond donors (Lipinski definition) is 2. The summed E-state index contributed by atoms with van der Waals surface area (Å²) in [4.78, 5) is 28.1. The molecule has 0 saturated heterocycles. The number of fused-ring (bicyclic) bond motifs is 1. The van der Waals surface area contributed by atoms with Crippen LogP contribution in [0.2, 0.25) is 0 Å². The van der Waals surface area contributed by atoms with Gasteiger partial charge < -0.3 is 14.8 Å². The molecule has 1 fully saturated rings. The molecule has 0 radical (unpaired) electrons. The molecule has 0 spiro atoms. The number of rotatable bonds is 7. The van der Waals surface area contributed by atoms with Crippen LogP contribution in [0.3, 0.4) is 0 Å². The molecule has 1 amide bonds. The summed E-state index contributed by atoms with van der Waals surface area (Å²) in [6.45, 7) is 7.02. The van der Waals surface area contributed by atoms with E-state index in [0.717, 1.165) is 48.0 Å². The molecule has 5 rings (SSSR count). The first-order valence-electron chi connectivity index (χ1n) is 14.0. The Balaban J connectivity index is 1.21. The van der Waals surface area contributed by atoms with Crippen LogP contribution >= 0.6 is 0 Å². The number of hydrogen-bond acceptors (Lipinski definition) is 3. The molecule has 2 N–H and O–H groups in total. The van der Waals surface area contributed by atoms with Crippen LogP contribution in [0.4, 0.5) is 0 Å². The molecule has 4 aromatic rings. The van der Waals surface area contributed by atoms with Gasteiger partial charge in [0.1, 0.15) is 11.3 Å². The summed E-state index contributed by atoms with van der Waals surface area (Å²) >= 11 is 0. The van der Waals surface area contributed by atoms with Gasteiger partial charge in [0.05, 0.1) is 0 Å². The van der Waals surface area contributed by atoms with Crippen LogP contribution in [0.15, 0.2) is 85.2 Å². The number of benzene rings is 2. The van der Waals surface area contributed by atoms with Crippen molar-refractivity contribution in [2.24, 2.45) is 5.92 Å². The second-order valence-corrected chi connectivity index (χ2v) is 11.9. The predicted octanol–water partition coefficient (Wildman–Crippen LogP) is 7.14. The van der Waals surface area contributed by atoms with Gasteiger partial charge in [0.2, 0.25) is 0 Å². The minimum atomic E-state index is -0.871. The van der Waals surface area contributed by atoms with E-state index < -0.39 is 5.97 Å². The summed E-state index contributed by atoms with van der Waals surface area (Å²) in [5.74, 6) is -0.191. The Morgan fingerprint density at radius 3 is 2.25 bits per heavy atom. The van der Waals surface area contributed by atoms with Gasteiger partial charge in [0, 0.05) is 25.0 Å². The van der Waals surface area contributed by atoms with Crippen LogP contribution in [0.5, 0.6) is 0 Å². The molecule has 0 aliphatic heterocycles. The first-order chi connectivity index (χ1) is 19.2. The van der Waals surface area contributed by atoms with E-state index in [9.17, 15) is 9.59 Å². The Morgan fingerprint density at radius 2 is 1.60 bits per heavy atom. The fourth-order valence-corrected chi connectivity index (χ4v) is 5.48. The Morgan fingerprint density at radius 1 is 0.925 bits per heavy atom. The number of carboxylic acids is 1. The molecule has 2 aromatic carbocycles. The van der Waals surface area contributed by atoms with Crippen molar-refractivity contribution in [1.82, 2.24) is 14.7 Å². The Labute approximate surface area is 235 Å². The Hall–Kier alpha value is -4.19. The van der Waals surface area contributed by atoms with Crippen molar-refractivity contribution >= 4 is 17.5 Å². The highest BCUT2D eigenvalue weighted by atomic mass is 16.4. The van der Waals surface area contributed by atoms with Crippen molar-refractivity contribution in [2.45, 2.75) is 64.3 Å². The molecule has 206 valence electrons. The molecule has 0 atom stereocenters. The number of carboxylic acid groups (broad SMARTS) is 1. The van der Waals surface area contributed by atoms with Crippen molar-refractivity contribution in [3.8, 4) is 11.1 Å². The van der Waals surface area contributed by atoms with Gasteiger partial charge in [-0.15, -0.1) is 0 Å². The molecule has 6 heteroatoms. The average molecular weight is 536 g/mol. The number of pyridine rings is 1. The highest BCUT2D eigenvalue weighted by Gasteiger charge is 2.21. The number of carbonyl (C=O) groups excluding carboxylic acids is 1. The first kappa shape index (κ1) is 27.4. The molecule has 2 heterocycles. The molecule has 0 unspecified atom stereocenters. The minimum Gasteiger partial charge on any atom is -0.478 e. The van der Waals surface area contributed by atoms with Gasteiger partial charge >= 0.3 is 5.97 Å². The van der Waals surface area contributed by atoms with E-state index in [1.165, 1.54) is 17.2 Å². The van der Waals surface area contributed by atoms with Gasteiger partial charge in [-0.25, -0.2) is 9.78 Å². The maximum Gasteiger partial charge on any atom is 0.327 e. The molecule has 1 aliphatic rings. The van der Waals surface area contributed by atoms with Crippen LogP contribution in [-0.2, 0) is 16.8 Å². The van der Waals surface area contributed by atoms with Crippen molar-refractivity contribution < 1.29 is 14.7 Å². The zero-order valence-electron chi connectivity index (χ0n) is 23.4. The Bertz CT molecular complexity index is 1520. The van der Waals surface area contributed by atoms with Gasteiger partial charge in [-0.1, -0.05) is 75.4 Å². The lowest BCUT2D eigenvalue weighted by Crippen LogP contribution is -2.23. The minimum absolute atomic E-state index is 0.0995. The summed E-state index contributed by atoms with van der Waals surface area (Å²) in [7, 11) is 0. The molecular weight excluding hydrogens is 498 g/mol. The normalized spacial score (nSPS) is 17.8. The first-order valence-corrected chi connectivity index (χ1v) is 14.0. The topological polar surface area (TPSA) is 83.7 Å². The summed E-state index contributed by atoms with van der Waals surface area (Å²) in [5.41, 5.74) is 7.05. The number of allylic oxidation sites excluding steroid dienone is 1. The third kappa shape index (κ3) is 6.50. The van der Waals surface area contributed by atoms with Crippen LogP contribution < -0.4 is 5.32 Å². The van der Waals surface area contributed by atoms with E-state index in [0.29, 0.717) is 24.1 Å². The van der Waals surface area contributed by atoms with Gasteiger partial charge in [0.15, 0.2) is 0 Å². The number of imidazole rings is 1. The van der Waals surface area contributed by atoms with Crippen LogP contribution in [0, 0.1) is 5.92 Å². The smallest absolute Gasteiger partial charge is 0.327 e. The van der Waals surface area contributed by atoms with Crippen molar-refractivity contribution in [2.75, 3.05) is 0 Å². The van der Waals surface area contributed by atoms with Gasteiger partial charge in [-0.05, 0) is 82.9 Å². The zero-order valence-corrected chi connectivity index (χ0v) is 23.4. The third-order valence-electron chi connectivity index (χ3n) is 7.95. The number of amides is 1. The fourth-order valence-electron chi connectivity index (χ4n) is 5.48. The Kier molecular flexibility index (Phi) is 7.88. The van der Waals surface area contributed by atoms with Crippen LogP contribution in [0.25, 0.3) is 16.8 Å². The highest BCUT2D eigenvalue weighted by Crippen LogP contribution is 2.37. The standard InChI is InChI=1S/C34H37N3O3/c1-34(2,3)29-16-6-24(7-17-29)20-35-33(40)30-22-37-21-28(15-18-31(37)36-30)27-13-11-26(12-14-27)25-9-4-23(5-10-25)8-19-32(38)39/h6-8,11-19,21-23,25H,4-5,9-10,20H2,1-3H3,(H,35,40)(H,38,39). The van der Waals surface area contributed by atoms with Crippen LogP contribution in [-0.4, -0.2) is 26.4 Å². The lowest BCUT2D eigenvalue weighted by molar-refractivity contribution is -0.131. The lowest BCUT2D eigenvalue weighted by atomic mass is 9.78. The largest absolute Gasteiger partial charge is 0.478 e. The highest BCUT2D eigenvalue weighted by molar-refractivity contribution is 5.92. The van der Waals surface area contributed by atoms with Crippen molar-refractivity contribution in [3.05, 3.63) is 108 Å². The van der Waals surface area contributed by atoms with E-state index >= 15 is 0 Å². The molecule has 1 saturated carbocycles. The maximum absolute atomic E-state index is 12.8. The lowest BCUT2D eigenvalue weighted by Gasteiger charge is -2.27. The molecular formula is C34H37N3O3. The number of nitrogens with one attached hydrogen (secondary N) is 1. The summed E-state index contributed by atoms with van der Waals surface area (Å²) in [6.07, 6.45) is 11.1. The summed E-state index contributed by atoms with van der Waals surface area (Å²) in [5, 5.41) is 11.8. The van der Waals surface area contributed by atoms with Gasteiger partial charge in [0.25, 0.3) is 5.91 Å². The monoisotopic (exact) mass is 535 g/mol. The number of aliphatic carboxylic acids is 1. The van der Waals surface area contributed by atoms with E-state index in [-0.39, 0.29) is 11.3 Å². The molecule has 40 heavy (non-hydrogen) atoms. The predicted molar refractivity (Wildman–Crippen MR) is 158 cm³/mol. The second kappa shape index (κ2) is 11.5. The molecule has 2 aromatic heterocycles. The molecule has 1 aliphatic carbocycles. The van der Waals surface area contributed by atoms with Crippen molar-refractivity contribution in [3.63, 3.8) is 0 Å². The summed E-state index contributed by atoms with van der Waals surface area (Å²) in [6, 6.07) is 21.1. The SMILES string of the molecule is CC(C)(C)c1ccc(CNC(=O)c2cn3cc(-c4ccc(C5CCC(C=CC(=O)O)CC5)cc4)ccc3n2)cc1. The number of aromatic nitrogens is 2. The van der Waals surface area contributed by atoms with Crippen molar-refractivity contribution in [1.29, 1.82) is 0 Å². The molecule has 0 bridgehead atoms. The van der Waals surface area contributed by atoms with E-state index in [4.69, 9.17) is 5.11 Å². The molecule has 6 nitrogen and oxygen atoms in total. The summed E-state index contributed by atoms with van der Waals surface area (Å²) < 4.78 is 1.90. The quantitative estimate of drug-likeness (QED) is 0.246. The number of nitrogens with zero attached hydrogens (tertiary/aromatic N) is 2. The van der Waals surface area contributed by atoms with E-state index in [1.807, 2.05) is 28.8 Å².